The lowest BCUT2D eigenvalue weighted by molar-refractivity contribution is 0.0949. The Bertz CT molecular complexity index is 384. The maximum Gasteiger partial charge on any atom is 0.137 e. The summed E-state index contributed by atoms with van der Waals surface area (Å²) in [6.07, 6.45) is 3.80. The Morgan fingerprint density at radius 3 is 2.59 bits per heavy atom. The third-order valence-electron chi connectivity index (χ3n) is 3.76. The molecule has 1 aliphatic rings. The van der Waals surface area contributed by atoms with Crippen LogP contribution in [0.2, 0.25) is 0 Å². The zero-order chi connectivity index (χ0) is 12.4. The molecule has 3 heteroatoms. The van der Waals surface area contributed by atoms with Gasteiger partial charge in [-0.1, -0.05) is 18.6 Å². The minimum absolute atomic E-state index is 0.167. The molecule has 0 unspecified atom stereocenters. The van der Waals surface area contributed by atoms with Crippen molar-refractivity contribution in [2.24, 2.45) is 0 Å². The average Bonchev–Trinajstić information content (AvgIpc) is 2.29. The molecule has 0 aliphatic carbocycles. The number of likely N-dealkylation sites (tertiary alicyclic amines) is 1. The van der Waals surface area contributed by atoms with Gasteiger partial charge < -0.3 is 0 Å². The van der Waals surface area contributed by atoms with Crippen molar-refractivity contribution in [3.63, 3.8) is 0 Å². The minimum Gasteiger partial charge on any atom is -0.294 e. The maximum atomic E-state index is 13.5. The molecule has 0 spiro atoms. The first kappa shape index (κ1) is 13.0. The summed E-state index contributed by atoms with van der Waals surface area (Å²) in [4.78, 5) is 2.48. The van der Waals surface area contributed by atoms with Crippen molar-refractivity contribution in [3.8, 4) is 0 Å². The van der Waals surface area contributed by atoms with Crippen molar-refractivity contribution >= 4 is 15.9 Å². The van der Waals surface area contributed by atoms with Crippen molar-refractivity contribution < 1.29 is 4.39 Å². The van der Waals surface area contributed by atoms with E-state index in [4.69, 9.17) is 0 Å². The smallest absolute Gasteiger partial charge is 0.137 e. The lowest BCUT2D eigenvalue weighted by Gasteiger charge is -2.39. The van der Waals surface area contributed by atoms with E-state index in [0.29, 0.717) is 16.6 Å². The number of hydrogen-bond acceptors (Lipinski definition) is 1. The van der Waals surface area contributed by atoms with E-state index in [9.17, 15) is 4.39 Å². The first-order chi connectivity index (χ1) is 8.09. The van der Waals surface area contributed by atoms with E-state index in [2.05, 4.69) is 34.7 Å². The summed E-state index contributed by atoms with van der Waals surface area (Å²) in [6.45, 7) is 5.37. The second kappa shape index (κ2) is 5.49. The fraction of sp³-hybridized carbons (Fsp3) is 0.571. The molecule has 1 nitrogen and oxygen atoms in total. The Morgan fingerprint density at radius 2 is 1.94 bits per heavy atom. The molecular weight excluding hydrogens is 281 g/mol. The third kappa shape index (κ3) is 2.89. The number of halogens is 2. The number of rotatable bonds is 2. The number of benzene rings is 1. The normalized spacial score (nSPS) is 26.1. The summed E-state index contributed by atoms with van der Waals surface area (Å²) in [5, 5.41) is 0. The largest absolute Gasteiger partial charge is 0.294 e. The van der Waals surface area contributed by atoms with Gasteiger partial charge in [0.2, 0.25) is 0 Å². The van der Waals surface area contributed by atoms with E-state index in [0.717, 1.165) is 12.1 Å². The van der Waals surface area contributed by atoms with Crippen molar-refractivity contribution in [2.45, 2.75) is 51.7 Å². The number of hydrogen-bond donors (Lipinski definition) is 0. The van der Waals surface area contributed by atoms with Gasteiger partial charge in [0, 0.05) is 18.6 Å². The summed E-state index contributed by atoms with van der Waals surface area (Å²) < 4.78 is 14.1. The maximum absolute atomic E-state index is 13.5. The van der Waals surface area contributed by atoms with Gasteiger partial charge in [0.25, 0.3) is 0 Å². The molecular formula is C14H19BrFN. The van der Waals surface area contributed by atoms with Gasteiger partial charge in [-0.2, -0.15) is 0 Å². The fourth-order valence-electron chi connectivity index (χ4n) is 2.65. The van der Waals surface area contributed by atoms with Gasteiger partial charge >= 0.3 is 0 Å². The third-order valence-corrected chi connectivity index (χ3v) is 4.65. The predicted octanol–water partition coefficient (Wildman–Crippen LogP) is 4.35. The molecule has 2 atom stereocenters. The quantitative estimate of drug-likeness (QED) is 0.785. The lowest BCUT2D eigenvalue weighted by Crippen LogP contribution is -2.43. The summed E-state index contributed by atoms with van der Waals surface area (Å²) in [6, 6.07) is 6.47. The van der Waals surface area contributed by atoms with Gasteiger partial charge in [0.05, 0.1) is 4.47 Å². The molecule has 1 heterocycles. The lowest BCUT2D eigenvalue weighted by atomic mass is 9.97. The van der Waals surface area contributed by atoms with Crippen LogP contribution in [0, 0.1) is 5.82 Å². The SMILES string of the molecule is C[C@@H]1CCC[C@H](C)N1Cc1cccc(F)c1Br. The van der Waals surface area contributed by atoms with Gasteiger partial charge in [-0.3, -0.25) is 4.90 Å². The van der Waals surface area contributed by atoms with Crippen LogP contribution in [0.5, 0.6) is 0 Å². The van der Waals surface area contributed by atoms with Gasteiger partial charge in [-0.15, -0.1) is 0 Å². The average molecular weight is 300 g/mol. The van der Waals surface area contributed by atoms with E-state index >= 15 is 0 Å². The molecule has 0 amide bonds. The summed E-state index contributed by atoms with van der Waals surface area (Å²) >= 11 is 3.35. The van der Waals surface area contributed by atoms with Crippen molar-refractivity contribution in [3.05, 3.63) is 34.1 Å². The molecule has 1 aromatic rings. The van der Waals surface area contributed by atoms with Crippen LogP contribution in [0.1, 0.15) is 38.7 Å². The monoisotopic (exact) mass is 299 g/mol. The standard InChI is InChI=1S/C14H19BrFN/c1-10-5-3-6-11(2)17(10)9-12-7-4-8-13(16)14(12)15/h4,7-8,10-11H,3,5-6,9H2,1-2H3/t10-,11+. The summed E-state index contributed by atoms with van der Waals surface area (Å²) in [5.74, 6) is -0.167. The Morgan fingerprint density at radius 1 is 1.29 bits per heavy atom. The highest BCUT2D eigenvalue weighted by Crippen LogP contribution is 2.28. The molecule has 1 aliphatic heterocycles. The van der Waals surface area contributed by atoms with E-state index in [1.54, 1.807) is 6.07 Å². The topological polar surface area (TPSA) is 3.24 Å². The van der Waals surface area contributed by atoms with E-state index in [1.165, 1.54) is 25.3 Å². The molecule has 0 radical (unpaired) electrons. The van der Waals surface area contributed by atoms with Gasteiger partial charge in [-0.25, -0.2) is 4.39 Å². The highest BCUT2D eigenvalue weighted by Gasteiger charge is 2.25. The van der Waals surface area contributed by atoms with Gasteiger partial charge in [0.15, 0.2) is 0 Å². The molecule has 1 saturated heterocycles. The van der Waals surface area contributed by atoms with Crippen molar-refractivity contribution in [1.82, 2.24) is 4.90 Å². The Kier molecular flexibility index (Phi) is 4.21. The van der Waals surface area contributed by atoms with E-state index in [1.807, 2.05) is 6.07 Å². The second-order valence-electron chi connectivity index (χ2n) is 5.01. The van der Waals surface area contributed by atoms with Crippen LogP contribution >= 0.6 is 15.9 Å². The molecule has 1 fully saturated rings. The zero-order valence-electron chi connectivity index (χ0n) is 10.4. The molecule has 17 heavy (non-hydrogen) atoms. The summed E-state index contributed by atoms with van der Waals surface area (Å²) in [5.41, 5.74) is 1.05. The first-order valence-corrected chi connectivity index (χ1v) is 7.07. The van der Waals surface area contributed by atoms with Crippen molar-refractivity contribution in [1.29, 1.82) is 0 Å². The molecule has 1 aromatic carbocycles. The fourth-order valence-corrected chi connectivity index (χ4v) is 3.04. The van der Waals surface area contributed by atoms with Crippen LogP contribution in [-0.2, 0) is 6.54 Å². The minimum atomic E-state index is -0.167. The van der Waals surface area contributed by atoms with Gasteiger partial charge in [0.1, 0.15) is 5.82 Å². The van der Waals surface area contributed by atoms with Crippen LogP contribution in [0.15, 0.2) is 22.7 Å². The number of nitrogens with zero attached hydrogens (tertiary/aromatic N) is 1. The van der Waals surface area contributed by atoms with Crippen LogP contribution in [0.4, 0.5) is 4.39 Å². The van der Waals surface area contributed by atoms with Crippen molar-refractivity contribution in [2.75, 3.05) is 0 Å². The van der Waals surface area contributed by atoms with Crippen LogP contribution in [0.25, 0.3) is 0 Å². The predicted molar refractivity (Wildman–Crippen MR) is 72.4 cm³/mol. The highest BCUT2D eigenvalue weighted by molar-refractivity contribution is 9.10. The molecule has 0 N–H and O–H groups in total. The Hall–Kier alpha value is -0.410. The van der Waals surface area contributed by atoms with Gasteiger partial charge in [-0.05, 0) is 54.2 Å². The highest BCUT2D eigenvalue weighted by atomic mass is 79.9. The zero-order valence-corrected chi connectivity index (χ0v) is 12.0. The molecule has 0 bridgehead atoms. The Labute approximate surface area is 111 Å². The van der Waals surface area contributed by atoms with Crippen LogP contribution in [-0.4, -0.2) is 17.0 Å². The van der Waals surface area contributed by atoms with E-state index < -0.39 is 0 Å². The molecule has 0 saturated carbocycles. The molecule has 0 aromatic heterocycles. The Balaban J connectivity index is 2.16. The molecule has 94 valence electrons. The molecule has 2 rings (SSSR count). The van der Waals surface area contributed by atoms with Crippen LogP contribution < -0.4 is 0 Å². The van der Waals surface area contributed by atoms with E-state index in [-0.39, 0.29) is 5.82 Å². The second-order valence-corrected chi connectivity index (χ2v) is 5.81. The summed E-state index contributed by atoms with van der Waals surface area (Å²) in [7, 11) is 0. The van der Waals surface area contributed by atoms with Crippen LogP contribution in [0.3, 0.4) is 0 Å². The first-order valence-electron chi connectivity index (χ1n) is 6.28. The number of piperidine rings is 1.